The Bertz CT molecular complexity index is 682. The van der Waals surface area contributed by atoms with E-state index in [-0.39, 0.29) is 5.69 Å². The van der Waals surface area contributed by atoms with Crippen molar-refractivity contribution >= 4 is 34.9 Å². The number of hydrogen-bond donors (Lipinski definition) is 0. The summed E-state index contributed by atoms with van der Waals surface area (Å²) < 4.78 is 0. The quantitative estimate of drug-likeness (QED) is 0.486. The predicted molar refractivity (Wildman–Crippen MR) is 86.1 cm³/mol. The smallest absolute Gasteiger partial charge is 0.270 e. The molecule has 0 saturated carbocycles. The minimum atomic E-state index is -0.459. The Balaban J connectivity index is 2.24. The first-order chi connectivity index (χ1) is 9.97. The molecule has 2 aromatic carbocycles. The van der Waals surface area contributed by atoms with E-state index in [1.165, 1.54) is 24.4 Å². The molecule has 0 aromatic heterocycles. The summed E-state index contributed by atoms with van der Waals surface area (Å²) in [4.78, 5) is 16.6. The summed E-state index contributed by atoms with van der Waals surface area (Å²) in [7, 11) is 3.92. The summed E-state index contributed by atoms with van der Waals surface area (Å²) in [6, 6.07) is 11.9. The van der Waals surface area contributed by atoms with Crippen molar-refractivity contribution in [2.75, 3.05) is 19.0 Å². The van der Waals surface area contributed by atoms with Crippen molar-refractivity contribution in [3.63, 3.8) is 0 Å². The van der Waals surface area contributed by atoms with Gasteiger partial charge in [0.1, 0.15) is 0 Å². The van der Waals surface area contributed by atoms with Crippen LogP contribution >= 0.6 is 11.6 Å². The van der Waals surface area contributed by atoms with E-state index < -0.39 is 4.92 Å². The maximum Gasteiger partial charge on any atom is 0.270 e. The number of hydrogen-bond acceptors (Lipinski definition) is 4. The highest BCUT2D eigenvalue weighted by molar-refractivity contribution is 6.33. The molecule has 0 fully saturated rings. The Kier molecular flexibility index (Phi) is 4.55. The fourth-order valence-corrected chi connectivity index (χ4v) is 1.89. The van der Waals surface area contributed by atoms with Gasteiger partial charge in [0.2, 0.25) is 0 Å². The van der Waals surface area contributed by atoms with Gasteiger partial charge in [0.25, 0.3) is 5.69 Å². The molecule has 0 saturated heterocycles. The number of non-ortho nitro benzene ring substituents is 1. The maximum absolute atomic E-state index is 10.8. The Morgan fingerprint density at radius 3 is 2.43 bits per heavy atom. The van der Waals surface area contributed by atoms with Crippen LogP contribution in [0, 0.1) is 10.1 Å². The molecule has 108 valence electrons. The monoisotopic (exact) mass is 303 g/mol. The third-order valence-electron chi connectivity index (χ3n) is 2.91. The predicted octanol–water partition coefficient (Wildman–Crippen LogP) is 4.06. The summed E-state index contributed by atoms with van der Waals surface area (Å²) in [5, 5.41) is 11.2. The van der Waals surface area contributed by atoms with Gasteiger partial charge in [-0.2, -0.15) is 0 Å². The van der Waals surface area contributed by atoms with E-state index in [1.54, 1.807) is 0 Å². The normalized spacial score (nSPS) is 10.8. The molecule has 0 aliphatic heterocycles. The third-order valence-corrected chi connectivity index (χ3v) is 3.25. The lowest BCUT2D eigenvalue weighted by Crippen LogP contribution is -2.07. The zero-order valence-corrected chi connectivity index (χ0v) is 12.4. The lowest BCUT2D eigenvalue weighted by atomic mass is 10.2. The lowest BCUT2D eigenvalue weighted by Gasteiger charge is -2.11. The average molecular weight is 304 g/mol. The molecule has 2 aromatic rings. The van der Waals surface area contributed by atoms with Crippen molar-refractivity contribution < 1.29 is 4.92 Å². The molecule has 0 radical (unpaired) electrons. The second-order valence-corrected chi connectivity index (χ2v) is 5.04. The van der Waals surface area contributed by atoms with Gasteiger partial charge >= 0.3 is 0 Å². The number of benzene rings is 2. The number of nitrogens with zero attached hydrogens (tertiary/aromatic N) is 3. The van der Waals surface area contributed by atoms with E-state index in [0.29, 0.717) is 10.6 Å². The molecule has 2 rings (SSSR count). The van der Waals surface area contributed by atoms with Crippen LogP contribution in [0.1, 0.15) is 5.56 Å². The minimum absolute atomic E-state index is 0.0104. The highest BCUT2D eigenvalue weighted by Gasteiger charge is 2.08. The van der Waals surface area contributed by atoms with Gasteiger partial charge in [0.15, 0.2) is 0 Å². The second kappa shape index (κ2) is 6.37. The van der Waals surface area contributed by atoms with Gasteiger partial charge in [-0.3, -0.25) is 15.1 Å². The number of rotatable bonds is 4. The van der Waals surface area contributed by atoms with Gasteiger partial charge < -0.3 is 4.90 Å². The molecule has 0 N–H and O–H groups in total. The van der Waals surface area contributed by atoms with Gasteiger partial charge in [-0.1, -0.05) is 11.6 Å². The van der Waals surface area contributed by atoms with Crippen molar-refractivity contribution in [2.24, 2.45) is 4.99 Å². The zero-order valence-electron chi connectivity index (χ0n) is 11.7. The summed E-state index contributed by atoms with van der Waals surface area (Å²) in [5.74, 6) is 0. The first-order valence-electron chi connectivity index (χ1n) is 6.23. The van der Waals surface area contributed by atoms with Gasteiger partial charge in [0.05, 0.1) is 10.6 Å². The fraction of sp³-hybridized carbons (Fsp3) is 0.133. The van der Waals surface area contributed by atoms with Crippen LogP contribution in [0.15, 0.2) is 47.5 Å². The highest BCUT2D eigenvalue weighted by Crippen LogP contribution is 2.22. The summed E-state index contributed by atoms with van der Waals surface area (Å²) >= 11 is 6.01. The molecule has 0 aliphatic rings. The molecule has 0 bridgehead atoms. The van der Waals surface area contributed by atoms with Crippen molar-refractivity contribution in [1.29, 1.82) is 0 Å². The Morgan fingerprint density at radius 1 is 1.19 bits per heavy atom. The Hall–Kier alpha value is -2.40. The van der Waals surface area contributed by atoms with Crippen LogP contribution in [0.3, 0.4) is 0 Å². The zero-order chi connectivity index (χ0) is 15.4. The average Bonchev–Trinajstić information content (AvgIpc) is 2.46. The van der Waals surface area contributed by atoms with E-state index in [9.17, 15) is 10.1 Å². The first-order valence-corrected chi connectivity index (χ1v) is 6.60. The molecule has 5 nitrogen and oxygen atoms in total. The van der Waals surface area contributed by atoms with Crippen molar-refractivity contribution in [3.05, 3.63) is 63.2 Å². The highest BCUT2D eigenvalue weighted by atomic mass is 35.5. The van der Waals surface area contributed by atoms with Gasteiger partial charge in [0, 0.05) is 48.7 Å². The van der Waals surface area contributed by atoms with Gasteiger partial charge in [-0.15, -0.1) is 0 Å². The van der Waals surface area contributed by atoms with Crippen LogP contribution in [-0.2, 0) is 0 Å². The summed E-state index contributed by atoms with van der Waals surface area (Å²) in [6.07, 6.45) is 1.53. The van der Waals surface area contributed by atoms with Gasteiger partial charge in [-0.05, 0) is 30.3 Å². The topological polar surface area (TPSA) is 58.7 Å². The van der Waals surface area contributed by atoms with Crippen molar-refractivity contribution in [1.82, 2.24) is 0 Å². The second-order valence-electron chi connectivity index (χ2n) is 4.63. The molecule has 0 spiro atoms. The van der Waals surface area contributed by atoms with E-state index in [0.717, 1.165) is 11.4 Å². The standard InChI is InChI=1S/C15H14ClN3O2/c1-18(2)13-5-3-12(4-6-13)17-10-11-9-14(19(20)21)7-8-15(11)16/h3-10H,1-2H3. The minimum Gasteiger partial charge on any atom is -0.378 e. The third kappa shape index (κ3) is 3.79. The molecule has 6 heteroatoms. The molecular formula is C15H14ClN3O2. The molecular weight excluding hydrogens is 290 g/mol. The molecule has 0 heterocycles. The number of halogens is 1. The van der Waals surface area contributed by atoms with Crippen molar-refractivity contribution in [2.45, 2.75) is 0 Å². The fourth-order valence-electron chi connectivity index (χ4n) is 1.72. The number of aliphatic imine (C=N–C) groups is 1. The maximum atomic E-state index is 10.8. The summed E-state index contributed by atoms with van der Waals surface area (Å²) in [5.41, 5.74) is 2.33. The lowest BCUT2D eigenvalue weighted by molar-refractivity contribution is -0.384. The Labute approximate surface area is 127 Å². The van der Waals surface area contributed by atoms with E-state index in [1.807, 2.05) is 43.3 Å². The van der Waals surface area contributed by atoms with Crippen LogP contribution in [0.5, 0.6) is 0 Å². The molecule has 0 amide bonds. The van der Waals surface area contributed by atoms with Gasteiger partial charge in [-0.25, -0.2) is 0 Å². The van der Waals surface area contributed by atoms with Crippen LogP contribution in [0.4, 0.5) is 17.1 Å². The van der Waals surface area contributed by atoms with Crippen LogP contribution in [0.2, 0.25) is 5.02 Å². The SMILES string of the molecule is CN(C)c1ccc(N=Cc2cc([N+](=O)[O-])ccc2Cl)cc1. The number of anilines is 1. The number of nitro benzene ring substituents is 1. The van der Waals surface area contributed by atoms with E-state index >= 15 is 0 Å². The summed E-state index contributed by atoms with van der Waals surface area (Å²) in [6.45, 7) is 0. The largest absolute Gasteiger partial charge is 0.378 e. The molecule has 21 heavy (non-hydrogen) atoms. The first kappa shape index (κ1) is 15.0. The van der Waals surface area contributed by atoms with Crippen molar-refractivity contribution in [3.8, 4) is 0 Å². The Morgan fingerprint density at radius 2 is 1.86 bits per heavy atom. The molecule has 0 atom stereocenters. The molecule has 0 aliphatic carbocycles. The van der Waals surface area contributed by atoms with Crippen LogP contribution in [-0.4, -0.2) is 25.2 Å². The van der Waals surface area contributed by atoms with E-state index in [4.69, 9.17) is 11.6 Å². The van der Waals surface area contributed by atoms with E-state index in [2.05, 4.69) is 4.99 Å². The van der Waals surface area contributed by atoms with Crippen LogP contribution in [0.25, 0.3) is 0 Å². The molecule has 0 unspecified atom stereocenters. The number of nitro groups is 1. The van der Waals surface area contributed by atoms with Crippen LogP contribution < -0.4 is 4.90 Å².